The fraction of sp³-hybridized carbons (Fsp3) is 0.100. The standard InChI is InChI=1S/C20H18ClO3P/c1-15-12-13-18(14-16(15)2)23-25(21,22)24-20-11-7-6-10-19(20)17-8-4-3-5-9-17/h3-14H,1-2H3. The van der Waals surface area contributed by atoms with Crippen molar-refractivity contribution in [2.45, 2.75) is 13.8 Å². The molecule has 0 N–H and O–H groups in total. The van der Waals surface area contributed by atoms with E-state index >= 15 is 0 Å². The van der Waals surface area contributed by atoms with E-state index in [4.69, 9.17) is 20.3 Å². The van der Waals surface area contributed by atoms with Crippen molar-refractivity contribution in [3.8, 4) is 22.6 Å². The van der Waals surface area contributed by atoms with Crippen LogP contribution in [0.5, 0.6) is 11.5 Å². The van der Waals surface area contributed by atoms with Crippen LogP contribution < -0.4 is 9.05 Å². The zero-order valence-corrected chi connectivity index (χ0v) is 15.6. The molecular weight excluding hydrogens is 355 g/mol. The molecule has 128 valence electrons. The van der Waals surface area contributed by atoms with Gasteiger partial charge in [0.05, 0.1) is 0 Å². The molecule has 0 aliphatic heterocycles. The Balaban J connectivity index is 1.86. The Morgan fingerprint density at radius 2 is 1.48 bits per heavy atom. The minimum absolute atomic E-state index is 0.413. The molecule has 0 saturated carbocycles. The lowest BCUT2D eigenvalue weighted by atomic mass is 10.1. The molecule has 0 aromatic heterocycles. The summed E-state index contributed by atoms with van der Waals surface area (Å²) >= 11 is 6.07. The molecule has 0 saturated heterocycles. The Kier molecular flexibility index (Phi) is 5.17. The van der Waals surface area contributed by atoms with Gasteiger partial charge in [-0.2, -0.15) is 0 Å². The van der Waals surface area contributed by atoms with Gasteiger partial charge in [0.2, 0.25) is 0 Å². The van der Waals surface area contributed by atoms with Crippen LogP contribution in [-0.2, 0) is 4.57 Å². The summed E-state index contributed by atoms with van der Waals surface area (Å²) in [7, 11) is 0. The van der Waals surface area contributed by atoms with Crippen LogP contribution in [0.2, 0.25) is 0 Å². The molecule has 0 aliphatic rings. The van der Waals surface area contributed by atoms with Crippen molar-refractivity contribution in [1.29, 1.82) is 0 Å². The maximum atomic E-state index is 12.7. The van der Waals surface area contributed by atoms with Crippen LogP contribution in [-0.4, -0.2) is 0 Å². The maximum absolute atomic E-state index is 12.7. The molecule has 0 fully saturated rings. The molecular formula is C20H18ClO3P. The number of aryl methyl sites for hydroxylation is 2. The van der Waals surface area contributed by atoms with Crippen LogP contribution in [0.4, 0.5) is 0 Å². The number of hydrogen-bond acceptors (Lipinski definition) is 3. The summed E-state index contributed by atoms with van der Waals surface area (Å²) in [5, 5.41) is 0. The Labute approximate surface area is 152 Å². The molecule has 0 heterocycles. The van der Waals surface area contributed by atoms with Crippen molar-refractivity contribution in [3.05, 3.63) is 83.9 Å². The van der Waals surface area contributed by atoms with Gasteiger partial charge in [-0.15, -0.1) is 0 Å². The van der Waals surface area contributed by atoms with E-state index < -0.39 is 6.95 Å². The first kappa shape index (κ1) is 17.6. The lowest BCUT2D eigenvalue weighted by Crippen LogP contribution is -1.97. The third kappa shape index (κ3) is 4.45. The quantitative estimate of drug-likeness (QED) is 0.463. The summed E-state index contributed by atoms with van der Waals surface area (Å²) in [6.07, 6.45) is 0. The van der Waals surface area contributed by atoms with Crippen molar-refractivity contribution in [2.75, 3.05) is 0 Å². The second-order valence-electron chi connectivity index (χ2n) is 5.72. The highest BCUT2D eigenvalue weighted by molar-refractivity contribution is 7.82. The molecule has 0 amide bonds. The van der Waals surface area contributed by atoms with Crippen molar-refractivity contribution < 1.29 is 13.6 Å². The highest BCUT2D eigenvalue weighted by atomic mass is 35.7. The molecule has 0 aliphatic carbocycles. The Morgan fingerprint density at radius 1 is 0.800 bits per heavy atom. The molecule has 25 heavy (non-hydrogen) atoms. The average Bonchev–Trinajstić information content (AvgIpc) is 2.59. The summed E-state index contributed by atoms with van der Waals surface area (Å²) in [5.74, 6) is 0.828. The largest absolute Gasteiger partial charge is 0.530 e. The SMILES string of the molecule is Cc1ccc(OP(=O)(Cl)Oc2ccccc2-c2ccccc2)cc1C. The molecule has 3 nitrogen and oxygen atoms in total. The predicted molar refractivity (Wildman–Crippen MR) is 103 cm³/mol. The number of rotatable bonds is 5. The molecule has 5 heteroatoms. The van der Waals surface area contributed by atoms with Gasteiger partial charge in [0.15, 0.2) is 0 Å². The highest BCUT2D eigenvalue weighted by Crippen LogP contribution is 2.54. The number of halogens is 1. The fourth-order valence-corrected chi connectivity index (χ4v) is 3.69. The van der Waals surface area contributed by atoms with Crippen LogP contribution in [0.1, 0.15) is 11.1 Å². The van der Waals surface area contributed by atoms with Crippen molar-refractivity contribution in [3.63, 3.8) is 0 Å². The van der Waals surface area contributed by atoms with E-state index in [1.54, 1.807) is 24.3 Å². The maximum Gasteiger partial charge on any atom is 0.530 e. The van der Waals surface area contributed by atoms with E-state index in [0.717, 1.165) is 22.3 Å². The van der Waals surface area contributed by atoms with Crippen LogP contribution in [0, 0.1) is 13.8 Å². The fourth-order valence-electron chi connectivity index (χ4n) is 2.44. The van der Waals surface area contributed by atoms with Gasteiger partial charge in [-0.1, -0.05) is 54.6 Å². The number of hydrogen-bond donors (Lipinski definition) is 0. The molecule has 3 aromatic rings. The monoisotopic (exact) mass is 372 g/mol. The molecule has 3 rings (SSSR count). The van der Waals surface area contributed by atoms with E-state index in [-0.39, 0.29) is 0 Å². The van der Waals surface area contributed by atoms with E-state index in [1.807, 2.05) is 62.4 Å². The first-order chi connectivity index (χ1) is 11.9. The summed E-state index contributed by atoms with van der Waals surface area (Å²) in [6.45, 7) is 0.0969. The zero-order valence-electron chi connectivity index (χ0n) is 14.0. The highest BCUT2D eigenvalue weighted by Gasteiger charge is 2.26. The summed E-state index contributed by atoms with van der Waals surface area (Å²) in [4.78, 5) is 0. The van der Waals surface area contributed by atoms with Crippen LogP contribution in [0.15, 0.2) is 72.8 Å². The Hall–Kier alpha value is -2.22. The second-order valence-corrected chi connectivity index (χ2v) is 8.19. The second kappa shape index (κ2) is 7.35. The van der Waals surface area contributed by atoms with Crippen LogP contribution >= 0.6 is 18.2 Å². The van der Waals surface area contributed by atoms with E-state index in [0.29, 0.717) is 11.5 Å². The zero-order chi connectivity index (χ0) is 17.9. The lowest BCUT2D eigenvalue weighted by molar-refractivity contribution is 0.407. The topological polar surface area (TPSA) is 35.5 Å². The van der Waals surface area contributed by atoms with E-state index in [1.165, 1.54) is 0 Å². The minimum Gasteiger partial charge on any atom is -0.405 e. The van der Waals surface area contributed by atoms with Gasteiger partial charge in [-0.3, -0.25) is 0 Å². The first-order valence-electron chi connectivity index (χ1n) is 7.85. The minimum atomic E-state index is -3.85. The van der Waals surface area contributed by atoms with E-state index in [2.05, 4.69) is 0 Å². The number of para-hydroxylation sites is 1. The molecule has 0 bridgehead atoms. The normalized spacial score (nSPS) is 13.1. The first-order valence-corrected chi connectivity index (χ1v) is 10.3. The molecule has 0 spiro atoms. The van der Waals surface area contributed by atoms with Crippen molar-refractivity contribution in [1.82, 2.24) is 0 Å². The van der Waals surface area contributed by atoms with Crippen molar-refractivity contribution in [2.24, 2.45) is 0 Å². The van der Waals surface area contributed by atoms with Gasteiger partial charge in [-0.05, 0) is 48.7 Å². The Morgan fingerprint density at radius 3 is 2.20 bits per heavy atom. The summed E-state index contributed by atoms with van der Waals surface area (Å²) < 4.78 is 23.6. The lowest BCUT2D eigenvalue weighted by Gasteiger charge is -2.17. The van der Waals surface area contributed by atoms with E-state index in [9.17, 15) is 4.57 Å². The molecule has 1 unspecified atom stereocenters. The molecule has 0 radical (unpaired) electrons. The summed E-state index contributed by atoms with van der Waals surface area (Å²) in [5.41, 5.74) is 3.89. The Bertz CT molecular complexity index is 925. The molecule has 3 aromatic carbocycles. The van der Waals surface area contributed by atoms with Crippen molar-refractivity contribution >= 4 is 18.2 Å². The number of benzene rings is 3. The smallest absolute Gasteiger partial charge is 0.405 e. The molecule has 1 atom stereocenters. The van der Waals surface area contributed by atoms with Gasteiger partial charge < -0.3 is 9.05 Å². The van der Waals surface area contributed by atoms with Gasteiger partial charge in [0.1, 0.15) is 11.5 Å². The predicted octanol–water partition coefficient (Wildman–Crippen LogP) is 6.78. The van der Waals surface area contributed by atoms with Gasteiger partial charge in [0, 0.05) is 16.8 Å². The van der Waals surface area contributed by atoms with Gasteiger partial charge >= 0.3 is 6.95 Å². The van der Waals surface area contributed by atoms with Crippen LogP contribution in [0.3, 0.4) is 0 Å². The van der Waals surface area contributed by atoms with Gasteiger partial charge in [-0.25, -0.2) is 4.57 Å². The third-order valence-electron chi connectivity index (χ3n) is 3.87. The van der Waals surface area contributed by atoms with Crippen LogP contribution in [0.25, 0.3) is 11.1 Å². The average molecular weight is 373 g/mol. The summed E-state index contributed by atoms with van der Waals surface area (Å²) in [6, 6.07) is 22.4. The third-order valence-corrected chi connectivity index (χ3v) is 5.13. The van der Waals surface area contributed by atoms with Gasteiger partial charge in [0.25, 0.3) is 0 Å².